The van der Waals surface area contributed by atoms with Crippen LogP contribution in [0.2, 0.25) is 0 Å². The lowest BCUT2D eigenvalue weighted by atomic mass is 10.1. The van der Waals surface area contributed by atoms with Crippen molar-refractivity contribution in [3.05, 3.63) is 64.5 Å². The highest BCUT2D eigenvalue weighted by Crippen LogP contribution is 2.36. The molecule has 1 amide bonds. The average Bonchev–Trinajstić information content (AvgIpc) is 3.28. The van der Waals surface area contributed by atoms with Crippen molar-refractivity contribution in [1.29, 1.82) is 0 Å². The van der Waals surface area contributed by atoms with Gasteiger partial charge in [0.2, 0.25) is 0 Å². The van der Waals surface area contributed by atoms with Crippen LogP contribution in [0.25, 0.3) is 5.65 Å². The van der Waals surface area contributed by atoms with E-state index in [2.05, 4.69) is 27.0 Å². The van der Waals surface area contributed by atoms with Crippen molar-refractivity contribution in [3.8, 4) is 0 Å². The lowest BCUT2D eigenvalue weighted by Crippen LogP contribution is -2.29. The quantitative estimate of drug-likeness (QED) is 0.405. The number of nitrogen functional groups attached to an aromatic ring is 1. The highest BCUT2D eigenvalue weighted by atomic mass is 19.1. The molecule has 0 aliphatic carbocycles. The largest absolute Gasteiger partial charge is 0.381 e. The van der Waals surface area contributed by atoms with Crippen LogP contribution < -0.4 is 21.5 Å². The van der Waals surface area contributed by atoms with Crippen molar-refractivity contribution in [2.45, 2.75) is 25.1 Å². The van der Waals surface area contributed by atoms with E-state index in [-0.39, 0.29) is 35.6 Å². The summed E-state index contributed by atoms with van der Waals surface area (Å²) >= 11 is 0. The number of hydrogen-bond donors (Lipinski definition) is 3. The number of aromatic nitrogens is 4. The molecule has 9 nitrogen and oxygen atoms in total. The number of H-pyrrole nitrogens is 1. The zero-order valence-corrected chi connectivity index (χ0v) is 16.5. The molecule has 11 heteroatoms. The van der Waals surface area contributed by atoms with Gasteiger partial charge in [0.1, 0.15) is 23.4 Å². The van der Waals surface area contributed by atoms with Crippen molar-refractivity contribution in [3.63, 3.8) is 0 Å². The summed E-state index contributed by atoms with van der Waals surface area (Å²) in [6.45, 7) is 3.94. The summed E-state index contributed by atoms with van der Waals surface area (Å²) in [5, 5.41) is 6.82. The molecule has 0 bridgehead atoms. The number of pyridine rings is 1. The zero-order valence-electron chi connectivity index (χ0n) is 16.5. The van der Waals surface area contributed by atoms with E-state index in [0.717, 1.165) is 12.3 Å². The normalized spacial score (nSPS) is 18.5. The number of rotatable bonds is 6. The fraction of sp³-hybridized carbons (Fsp3) is 0.300. The molecule has 1 fully saturated rings. The maximum atomic E-state index is 14.3. The van der Waals surface area contributed by atoms with Crippen molar-refractivity contribution in [2.24, 2.45) is 0 Å². The topological polar surface area (TPSA) is 121 Å². The monoisotopic (exact) mass is 429 g/mol. The number of anilines is 2. The van der Waals surface area contributed by atoms with Crippen LogP contribution in [0.5, 0.6) is 0 Å². The molecule has 0 radical (unpaired) electrons. The van der Waals surface area contributed by atoms with Gasteiger partial charge in [-0.1, -0.05) is 6.08 Å². The number of alkyl halides is 1. The predicted octanol–water partition coefficient (Wildman–Crippen LogP) is 1.73. The van der Waals surface area contributed by atoms with E-state index in [4.69, 9.17) is 5.73 Å². The molecular weight excluding hydrogens is 408 g/mol. The molecule has 4 heterocycles. The minimum absolute atomic E-state index is 0.00340. The zero-order chi connectivity index (χ0) is 22.1. The molecule has 2 atom stereocenters. The van der Waals surface area contributed by atoms with Gasteiger partial charge in [-0.25, -0.2) is 18.3 Å². The van der Waals surface area contributed by atoms with Crippen molar-refractivity contribution < 1.29 is 13.6 Å². The molecule has 1 aliphatic heterocycles. The number of carbonyl (C=O) groups is 1. The minimum Gasteiger partial charge on any atom is -0.381 e. The summed E-state index contributed by atoms with van der Waals surface area (Å²) in [7, 11) is 0. The summed E-state index contributed by atoms with van der Waals surface area (Å²) in [5.41, 5.74) is 5.83. The standard InChI is InChI=1S/C20H21F2N7O2/c1-2-3-5-24-20(31)16-17(23)27-29-6-4-15(26-18(16)29)28-10-12(22)8-14(28)13-7-11(21)9-25-19(13)30/h2,4,6-7,9,12,14H,1,3,5,8,10H2,(H2,23,27)(H,24,31)(H,25,30)/t12-,14+/m0/s1. The second-order valence-corrected chi connectivity index (χ2v) is 7.25. The first-order chi connectivity index (χ1) is 14.9. The molecule has 4 N–H and O–H groups in total. The Kier molecular flexibility index (Phi) is 5.40. The number of amides is 1. The van der Waals surface area contributed by atoms with Gasteiger partial charge in [0.25, 0.3) is 11.5 Å². The average molecular weight is 429 g/mol. The van der Waals surface area contributed by atoms with Crippen LogP contribution in [0.4, 0.5) is 20.4 Å². The molecule has 0 aromatic carbocycles. The SMILES string of the molecule is C=CCCNC(=O)c1c(N)nn2ccc(N3C[C@@H](F)C[C@@H]3c3cc(F)c[nH]c3=O)nc12. The number of nitrogens with two attached hydrogens (primary N) is 1. The molecule has 162 valence electrons. The lowest BCUT2D eigenvalue weighted by molar-refractivity contribution is 0.0956. The van der Waals surface area contributed by atoms with E-state index >= 15 is 0 Å². The van der Waals surface area contributed by atoms with E-state index < -0.39 is 29.5 Å². The molecular formula is C20H21F2N7O2. The third-order valence-electron chi connectivity index (χ3n) is 5.16. The van der Waals surface area contributed by atoms with Crippen molar-refractivity contribution in [1.82, 2.24) is 24.9 Å². The predicted molar refractivity (Wildman–Crippen MR) is 111 cm³/mol. The fourth-order valence-corrected chi connectivity index (χ4v) is 3.74. The second kappa shape index (κ2) is 8.17. The van der Waals surface area contributed by atoms with Crippen LogP contribution in [0.15, 0.2) is 42.0 Å². The fourth-order valence-electron chi connectivity index (χ4n) is 3.74. The van der Waals surface area contributed by atoms with Crippen LogP contribution >= 0.6 is 0 Å². The summed E-state index contributed by atoms with van der Waals surface area (Å²) in [6, 6.07) is 1.97. The van der Waals surface area contributed by atoms with Gasteiger partial charge in [-0.3, -0.25) is 9.59 Å². The van der Waals surface area contributed by atoms with E-state index in [1.54, 1.807) is 23.2 Å². The Labute approximate surface area is 175 Å². The van der Waals surface area contributed by atoms with Gasteiger partial charge in [-0.15, -0.1) is 11.7 Å². The maximum absolute atomic E-state index is 14.3. The Morgan fingerprint density at radius 3 is 3.06 bits per heavy atom. The van der Waals surface area contributed by atoms with Gasteiger partial charge in [0.15, 0.2) is 11.5 Å². The van der Waals surface area contributed by atoms with Crippen LogP contribution in [-0.2, 0) is 0 Å². The molecule has 3 aromatic rings. The third kappa shape index (κ3) is 3.86. The van der Waals surface area contributed by atoms with E-state index in [9.17, 15) is 18.4 Å². The Hall–Kier alpha value is -3.76. The van der Waals surface area contributed by atoms with Crippen molar-refractivity contribution >= 4 is 23.2 Å². The third-order valence-corrected chi connectivity index (χ3v) is 5.16. The molecule has 0 saturated carbocycles. The number of hydrogen-bond acceptors (Lipinski definition) is 6. The van der Waals surface area contributed by atoms with Gasteiger partial charge in [-0.2, -0.15) is 0 Å². The summed E-state index contributed by atoms with van der Waals surface area (Å²) in [6.07, 6.45) is 3.53. The van der Waals surface area contributed by atoms with E-state index in [1.165, 1.54) is 4.52 Å². The molecule has 4 rings (SSSR count). The summed E-state index contributed by atoms with van der Waals surface area (Å²) in [4.78, 5) is 33.2. The number of nitrogens with zero attached hydrogens (tertiary/aromatic N) is 4. The Morgan fingerprint density at radius 2 is 2.29 bits per heavy atom. The maximum Gasteiger partial charge on any atom is 0.258 e. The minimum atomic E-state index is -1.23. The first-order valence-corrected chi connectivity index (χ1v) is 9.71. The molecule has 1 saturated heterocycles. The number of nitrogens with one attached hydrogen (secondary N) is 2. The lowest BCUT2D eigenvalue weighted by Gasteiger charge is -2.25. The Balaban J connectivity index is 1.74. The molecule has 0 unspecified atom stereocenters. The summed E-state index contributed by atoms with van der Waals surface area (Å²) in [5.74, 6) is -0.741. The van der Waals surface area contributed by atoms with Gasteiger partial charge in [0, 0.05) is 30.9 Å². The van der Waals surface area contributed by atoms with Gasteiger partial charge in [-0.05, 0) is 18.6 Å². The highest BCUT2D eigenvalue weighted by Gasteiger charge is 2.36. The van der Waals surface area contributed by atoms with E-state index in [0.29, 0.717) is 18.8 Å². The molecule has 3 aromatic heterocycles. The second-order valence-electron chi connectivity index (χ2n) is 7.25. The molecule has 31 heavy (non-hydrogen) atoms. The number of carbonyl (C=O) groups excluding carboxylic acids is 1. The van der Waals surface area contributed by atoms with Crippen LogP contribution in [0.3, 0.4) is 0 Å². The summed E-state index contributed by atoms with van der Waals surface area (Å²) < 4.78 is 29.4. The van der Waals surface area contributed by atoms with Crippen molar-refractivity contribution in [2.75, 3.05) is 23.7 Å². The van der Waals surface area contributed by atoms with Gasteiger partial charge < -0.3 is 20.9 Å². The molecule has 0 spiro atoms. The molecule has 1 aliphatic rings. The number of aromatic amines is 1. The van der Waals surface area contributed by atoms with Crippen LogP contribution in [-0.4, -0.2) is 44.8 Å². The Bertz CT molecular complexity index is 1210. The van der Waals surface area contributed by atoms with E-state index in [1.807, 2.05) is 0 Å². The van der Waals surface area contributed by atoms with Crippen LogP contribution in [0, 0.1) is 5.82 Å². The first kappa shape index (κ1) is 20.5. The Morgan fingerprint density at radius 1 is 1.48 bits per heavy atom. The van der Waals surface area contributed by atoms with Crippen LogP contribution in [0.1, 0.15) is 34.8 Å². The smallest absolute Gasteiger partial charge is 0.258 e. The number of halogens is 2. The van der Waals surface area contributed by atoms with Gasteiger partial charge in [0.05, 0.1) is 12.6 Å². The highest BCUT2D eigenvalue weighted by molar-refractivity contribution is 6.04. The number of fused-ring (bicyclic) bond motifs is 1. The first-order valence-electron chi connectivity index (χ1n) is 9.71. The van der Waals surface area contributed by atoms with Gasteiger partial charge >= 0.3 is 0 Å².